The molecular formula is C38H32N2O7S. The number of aliphatic hydroxyl groups is 1. The van der Waals surface area contributed by atoms with Crippen molar-refractivity contribution < 1.29 is 34.1 Å². The molecule has 3 aromatic carbocycles. The van der Waals surface area contributed by atoms with Gasteiger partial charge in [-0.3, -0.25) is 9.59 Å². The molecule has 9 nitrogen and oxygen atoms in total. The molecule has 7 rings (SSSR count). The molecule has 3 N–H and O–H groups in total. The number of benzene rings is 3. The van der Waals surface area contributed by atoms with Gasteiger partial charge in [-0.1, -0.05) is 61.8 Å². The minimum atomic E-state index is -1.39. The van der Waals surface area contributed by atoms with Gasteiger partial charge in [-0.05, 0) is 54.0 Å². The fourth-order valence-corrected chi connectivity index (χ4v) is 7.83. The van der Waals surface area contributed by atoms with Gasteiger partial charge in [0.2, 0.25) is 0 Å². The molecule has 1 fully saturated rings. The summed E-state index contributed by atoms with van der Waals surface area (Å²) >= 11 is 1.59. The molecule has 0 saturated carbocycles. The topological polar surface area (TPSA) is 129 Å². The Morgan fingerprint density at radius 1 is 1.04 bits per heavy atom. The number of phenols is 1. The van der Waals surface area contributed by atoms with E-state index in [4.69, 9.17) is 9.47 Å². The van der Waals surface area contributed by atoms with Crippen LogP contribution in [-0.2, 0) is 21.6 Å². The molecule has 1 amide bonds. The maximum Gasteiger partial charge on any atom is 0.409 e. The number of thioether (sulfide) groups is 1. The number of nitrogens with one attached hydrogen (secondary N) is 1. The number of hydrogen-bond acceptors (Lipinski definition) is 9. The third kappa shape index (κ3) is 4.79. The van der Waals surface area contributed by atoms with Crippen molar-refractivity contribution in [2.45, 2.75) is 48.6 Å². The first-order valence-electron chi connectivity index (χ1n) is 15.6. The number of nitrogens with zero attached hydrogens (tertiary/aromatic N) is 1. The van der Waals surface area contributed by atoms with Crippen LogP contribution in [0.15, 0.2) is 71.6 Å². The lowest BCUT2D eigenvalue weighted by Gasteiger charge is -2.38. The lowest BCUT2D eigenvalue weighted by Crippen LogP contribution is -2.52. The molecule has 2 heterocycles. The summed E-state index contributed by atoms with van der Waals surface area (Å²) in [6.07, 6.45) is 1.30. The minimum Gasteiger partial charge on any atom is -0.507 e. The van der Waals surface area contributed by atoms with E-state index < -0.39 is 46.8 Å². The van der Waals surface area contributed by atoms with Gasteiger partial charge in [0.25, 0.3) is 0 Å². The number of phenolic OH excluding ortho intramolecular Hbond substituents is 1. The normalized spacial score (nSPS) is 24.6. The zero-order chi connectivity index (χ0) is 33.8. The number of hydrogen-bond donors (Lipinski definition) is 3. The third-order valence-electron chi connectivity index (χ3n) is 9.31. The number of anilines is 1. The van der Waals surface area contributed by atoms with Crippen LogP contribution >= 0.6 is 11.8 Å². The molecule has 4 aliphatic rings. The second-order valence-electron chi connectivity index (χ2n) is 12.4. The summed E-state index contributed by atoms with van der Waals surface area (Å²) in [5.74, 6) is 10.8. The molecule has 0 spiro atoms. The SMILES string of the molecule is CC(C)[C@@]12O[C@]13c1cc(O)c4c(c1N[C@H]2C#C/C=C\C#C[C@H]3O)C(=O)c1ccc(CN(C)C(=O)OCCSc2ccccc2)cc1C4=O. The highest BCUT2D eigenvalue weighted by Crippen LogP contribution is 2.68. The Morgan fingerprint density at radius 2 is 1.77 bits per heavy atom. The number of ether oxygens (including phenoxy) is 2. The molecule has 0 unspecified atom stereocenters. The number of allylic oxidation sites excluding steroid dienone is 2. The van der Waals surface area contributed by atoms with Crippen LogP contribution in [0, 0.1) is 29.6 Å². The van der Waals surface area contributed by atoms with Gasteiger partial charge in [0, 0.05) is 40.9 Å². The summed E-state index contributed by atoms with van der Waals surface area (Å²) in [7, 11) is 1.60. The molecule has 2 aliphatic heterocycles. The largest absolute Gasteiger partial charge is 0.507 e. The lowest BCUT2D eigenvalue weighted by molar-refractivity contribution is 0.0975. The molecule has 10 heteroatoms. The van der Waals surface area contributed by atoms with Gasteiger partial charge >= 0.3 is 6.09 Å². The number of aromatic hydroxyl groups is 1. The number of ketones is 2. The summed E-state index contributed by atoms with van der Waals surface area (Å²) in [6, 6.07) is 15.4. The highest BCUT2D eigenvalue weighted by Gasteiger charge is 2.81. The van der Waals surface area contributed by atoms with E-state index in [2.05, 4.69) is 29.0 Å². The molecule has 3 aromatic rings. The van der Waals surface area contributed by atoms with E-state index in [1.54, 1.807) is 49.2 Å². The van der Waals surface area contributed by atoms with E-state index in [0.717, 1.165) is 4.90 Å². The Morgan fingerprint density at radius 3 is 2.52 bits per heavy atom. The number of aliphatic hydroxyl groups excluding tert-OH is 1. The van der Waals surface area contributed by atoms with Gasteiger partial charge in [0.15, 0.2) is 23.3 Å². The maximum atomic E-state index is 14.2. The van der Waals surface area contributed by atoms with E-state index in [1.807, 2.05) is 44.2 Å². The number of fused-ring (bicyclic) bond motifs is 4. The van der Waals surface area contributed by atoms with E-state index in [9.17, 15) is 24.6 Å². The van der Waals surface area contributed by atoms with Crippen LogP contribution in [0.1, 0.15) is 56.8 Å². The molecule has 2 aliphatic carbocycles. The summed E-state index contributed by atoms with van der Waals surface area (Å²) in [5.41, 5.74) is -1.03. The van der Waals surface area contributed by atoms with Crippen molar-refractivity contribution in [3.63, 3.8) is 0 Å². The quantitative estimate of drug-likeness (QED) is 0.0836. The van der Waals surface area contributed by atoms with E-state index in [0.29, 0.717) is 16.9 Å². The van der Waals surface area contributed by atoms with Gasteiger partial charge in [0.05, 0.1) is 16.8 Å². The van der Waals surface area contributed by atoms with Crippen LogP contribution in [0.25, 0.3) is 0 Å². The summed E-state index contributed by atoms with van der Waals surface area (Å²) in [4.78, 5) is 43.4. The first kappa shape index (κ1) is 31.6. The van der Waals surface area contributed by atoms with Gasteiger partial charge in [-0.15, -0.1) is 11.8 Å². The van der Waals surface area contributed by atoms with Gasteiger partial charge in [-0.2, -0.15) is 0 Å². The van der Waals surface area contributed by atoms with Crippen LogP contribution in [0.3, 0.4) is 0 Å². The van der Waals surface area contributed by atoms with E-state index in [1.165, 1.54) is 11.0 Å². The van der Waals surface area contributed by atoms with Crippen molar-refractivity contribution in [1.82, 2.24) is 4.90 Å². The Labute approximate surface area is 282 Å². The summed E-state index contributed by atoms with van der Waals surface area (Å²) in [6.45, 7) is 4.27. The molecule has 48 heavy (non-hydrogen) atoms. The predicted octanol–water partition coefficient (Wildman–Crippen LogP) is 4.88. The van der Waals surface area contributed by atoms with Crippen molar-refractivity contribution in [2.24, 2.45) is 5.92 Å². The molecular weight excluding hydrogens is 628 g/mol. The lowest BCUT2D eigenvalue weighted by atomic mass is 9.67. The first-order valence-corrected chi connectivity index (χ1v) is 16.6. The first-order chi connectivity index (χ1) is 23.1. The maximum absolute atomic E-state index is 14.2. The van der Waals surface area contributed by atoms with Crippen LogP contribution in [0.4, 0.5) is 10.5 Å². The molecule has 0 radical (unpaired) electrons. The van der Waals surface area contributed by atoms with Crippen molar-refractivity contribution in [1.29, 1.82) is 0 Å². The van der Waals surface area contributed by atoms with E-state index >= 15 is 0 Å². The second-order valence-corrected chi connectivity index (χ2v) is 13.6. The summed E-state index contributed by atoms with van der Waals surface area (Å²) < 4.78 is 11.9. The van der Waals surface area contributed by atoms with Gasteiger partial charge in [-0.25, -0.2) is 4.79 Å². The van der Waals surface area contributed by atoms with Crippen molar-refractivity contribution >= 4 is 35.1 Å². The smallest absolute Gasteiger partial charge is 0.409 e. The number of carbonyl (C=O) groups excluding carboxylic acids is 3. The van der Waals surface area contributed by atoms with Crippen LogP contribution < -0.4 is 5.32 Å². The molecule has 0 aromatic heterocycles. The van der Waals surface area contributed by atoms with Gasteiger partial charge < -0.3 is 29.9 Å². The summed E-state index contributed by atoms with van der Waals surface area (Å²) in [5, 5.41) is 26.2. The number of amides is 1. The predicted molar refractivity (Wildman–Crippen MR) is 180 cm³/mol. The van der Waals surface area contributed by atoms with Crippen LogP contribution in [0.2, 0.25) is 0 Å². The standard InChI is InChI=1S/C38H32N2O7S/c1-22(2)37-29-13-9-4-5-10-14-30(42)38(37,47-37)27-20-28(41)31-32(33(27)39-29)34(43)25-16-15-23(19-26(25)35(31)44)21-40(3)36(45)46-17-18-48-24-11-7-6-8-12-24/h4-8,11-12,15-16,19-20,22,29-30,39,41-42H,17-18,21H2,1-3H3/b5-4-/t29-,30+,37-,38-/m0/s1. The molecule has 242 valence electrons. The average Bonchev–Trinajstić information content (AvgIpc) is 3.81. The number of epoxide rings is 1. The van der Waals surface area contributed by atoms with E-state index in [-0.39, 0.29) is 47.0 Å². The minimum absolute atomic E-state index is 0.00360. The van der Waals surface area contributed by atoms with Crippen molar-refractivity contribution in [3.05, 3.63) is 100 Å². The molecule has 4 atom stereocenters. The van der Waals surface area contributed by atoms with Crippen molar-refractivity contribution in [2.75, 3.05) is 24.7 Å². The monoisotopic (exact) mass is 660 g/mol. The second kappa shape index (κ2) is 11.9. The van der Waals surface area contributed by atoms with Gasteiger partial charge in [0.1, 0.15) is 24.0 Å². The number of carbonyl (C=O) groups is 3. The van der Waals surface area contributed by atoms with Crippen molar-refractivity contribution in [3.8, 4) is 29.4 Å². The molecule has 1 saturated heterocycles. The third-order valence-corrected chi connectivity index (χ3v) is 10.3. The zero-order valence-electron chi connectivity index (χ0n) is 26.5. The number of rotatable bonds is 7. The Hall–Kier alpha value is -5.00. The highest BCUT2D eigenvalue weighted by atomic mass is 32.2. The highest BCUT2D eigenvalue weighted by molar-refractivity contribution is 7.99. The molecule has 2 bridgehead atoms. The zero-order valence-corrected chi connectivity index (χ0v) is 27.3. The fourth-order valence-electron chi connectivity index (χ4n) is 7.08. The van der Waals surface area contributed by atoms with Crippen LogP contribution in [0.5, 0.6) is 5.75 Å². The Kier molecular flexibility index (Phi) is 7.84. The fraction of sp³-hybridized carbons (Fsp3) is 0.289. The Balaban J connectivity index is 1.17. The Bertz CT molecular complexity index is 2040. The average molecular weight is 661 g/mol. The van der Waals surface area contributed by atoms with Crippen LogP contribution in [-0.4, -0.2) is 69.9 Å².